The Labute approximate surface area is 115 Å². The summed E-state index contributed by atoms with van der Waals surface area (Å²) in [7, 11) is 0. The molecule has 0 aliphatic rings. The van der Waals surface area contributed by atoms with Gasteiger partial charge in [0.25, 0.3) is 0 Å². The summed E-state index contributed by atoms with van der Waals surface area (Å²) < 4.78 is 13.2. The summed E-state index contributed by atoms with van der Waals surface area (Å²) in [4.78, 5) is 0. The zero-order valence-corrected chi connectivity index (χ0v) is 12.3. The summed E-state index contributed by atoms with van der Waals surface area (Å²) in [6.45, 7) is 9.98. The molecule has 0 saturated heterocycles. The van der Waals surface area contributed by atoms with Crippen LogP contribution in [0.25, 0.3) is 0 Å². The van der Waals surface area contributed by atoms with Crippen molar-refractivity contribution < 1.29 is 9.47 Å². The molecule has 0 spiro atoms. The van der Waals surface area contributed by atoms with Crippen molar-refractivity contribution in [2.75, 3.05) is 13.2 Å². The Morgan fingerprint density at radius 1 is 1.32 bits per heavy atom. The van der Waals surface area contributed by atoms with E-state index in [1.54, 1.807) is 0 Å². The van der Waals surface area contributed by atoms with E-state index in [2.05, 4.69) is 23.5 Å². The van der Waals surface area contributed by atoms with Crippen LogP contribution in [0.5, 0.6) is 0 Å². The van der Waals surface area contributed by atoms with Crippen LogP contribution in [0, 0.1) is 6.92 Å². The molecule has 110 valence electrons. The third-order valence-electron chi connectivity index (χ3n) is 2.92. The second kappa shape index (κ2) is 8.27. The highest BCUT2D eigenvalue weighted by atomic mass is 16.7. The van der Waals surface area contributed by atoms with Crippen LogP contribution in [0.2, 0.25) is 0 Å². The first kappa shape index (κ1) is 16.1. The van der Waals surface area contributed by atoms with Gasteiger partial charge < -0.3 is 9.47 Å². The molecule has 0 bridgehead atoms. The van der Waals surface area contributed by atoms with Gasteiger partial charge in [0.1, 0.15) is 0 Å². The van der Waals surface area contributed by atoms with E-state index in [9.17, 15) is 0 Å². The number of hydrazine groups is 1. The van der Waals surface area contributed by atoms with Gasteiger partial charge >= 0.3 is 0 Å². The molecule has 0 saturated carbocycles. The highest BCUT2D eigenvalue weighted by Crippen LogP contribution is 2.11. The lowest BCUT2D eigenvalue weighted by Gasteiger charge is -2.26. The molecule has 0 aromatic carbocycles. The molecule has 19 heavy (non-hydrogen) atoms. The van der Waals surface area contributed by atoms with Crippen molar-refractivity contribution in [1.82, 2.24) is 15.2 Å². The van der Waals surface area contributed by atoms with Gasteiger partial charge in [0.05, 0.1) is 11.7 Å². The molecular weight excluding hydrogens is 244 g/mol. The lowest BCUT2D eigenvalue weighted by molar-refractivity contribution is -0.154. The van der Waals surface area contributed by atoms with Crippen LogP contribution >= 0.6 is 0 Å². The number of aryl methyl sites for hydroxylation is 2. The average molecular weight is 270 g/mol. The number of rotatable bonds is 9. The minimum Gasteiger partial charge on any atom is -0.351 e. The Morgan fingerprint density at radius 2 is 1.95 bits per heavy atom. The lowest BCUT2D eigenvalue weighted by atomic mass is 10.1. The fraction of sp³-hybridized carbons (Fsp3) is 0.769. The van der Waals surface area contributed by atoms with E-state index >= 15 is 0 Å². The Hall–Kier alpha value is -0.950. The normalized spacial score (nSPS) is 13.2. The standard InChI is InChI=1S/C13H26N4O2/c1-5-17-11(8-10(4)16-17)9-12(15-14)13(18-6-2)19-7-3/h8,12-13,15H,5-7,9,14H2,1-4H3. The topological polar surface area (TPSA) is 74.3 Å². The molecule has 1 aromatic heterocycles. The zero-order valence-electron chi connectivity index (χ0n) is 12.3. The minimum atomic E-state index is -0.347. The van der Waals surface area contributed by atoms with Crippen molar-refractivity contribution in [1.29, 1.82) is 0 Å². The molecule has 1 aromatic rings. The van der Waals surface area contributed by atoms with Crippen molar-refractivity contribution in [2.45, 2.75) is 53.0 Å². The second-order valence-electron chi connectivity index (χ2n) is 4.35. The van der Waals surface area contributed by atoms with Crippen molar-refractivity contribution in [3.63, 3.8) is 0 Å². The van der Waals surface area contributed by atoms with Gasteiger partial charge in [0.15, 0.2) is 6.29 Å². The van der Waals surface area contributed by atoms with Crippen LogP contribution in [-0.4, -0.2) is 35.3 Å². The average Bonchev–Trinajstić information content (AvgIpc) is 2.76. The van der Waals surface area contributed by atoms with Crippen molar-refractivity contribution in [3.05, 3.63) is 17.5 Å². The number of nitrogens with zero attached hydrogens (tertiary/aromatic N) is 2. The highest BCUT2D eigenvalue weighted by molar-refractivity contribution is 5.10. The molecule has 6 heteroatoms. The molecule has 1 rings (SSSR count). The van der Waals surface area contributed by atoms with E-state index in [-0.39, 0.29) is 12.3 Å². The monoisotopic (exact) mass is 270 g/mol. The SMILES string of the molecule is CCOC(OCC)C(Cc1cc(C)nn1CC)NN. The number of nitrogens with two attached hydrogens (primary N) is 1. The first-order valence-electron chi connectivity index (χ1n) is 6.88. The molecule has 0 amide bonds. The first-order valence-corrected chi connectivity index (χ1v) is 6.88. The fourth-order valence-corrected chi connectivity index (χ4v) is 2.11. The molecule has 1 heterocycles. The second-order valence-corrected chi connectivity index (χ2v) is 4.35. The summed E-state index contributed by atoms with van der Waals surface area (Å²) in [5, 5.41) is 4.43. The summed E-state index contributed by atoms with van der Waals surface area (Å²) in [5.74, 6) is 5.64. The van der Waals surface area contributed by atoms with Gasteiger partial charge in [0.2, 0.25) is 0 Å². The quantitative estimate of drug-likeness (QED) is 0.397. The van der Waals surface area contributed by atoms with E-state index in [4.69, 9.17) is 15.3 Å². The zero-order chi connectivity index (χ0) is 14.3. The van der Waals surface area contributed by atoms with E-state index in [1.807, 2.05) is 25.5 Å². The van der Waals surface area contributed by atoms with Gasteiger partial charge in [0, 0.05) is 31.9 Å². The minimum absolute atomic E-state index is 0.0960. The number of hydrogen-bond donors (Lipinski definition) is 2. The van der Waals surface area contributed by atoms with Crippen molar-refractivity contribution in [3.8, 4) is 0 Å². The van der Waals surface area contributed by atoms with Gasteiger partial charge in [-0.2, -0.15) is 5.10 Å². The Morgan fingerprint density at radius 3 is 2.42 bits per heavy atom. The van der Waals surface area contributed by atoms with Crippen LogP contribution in [0.4, 0.5) is 0 Å². The third-order valence-corrected chi connectivity index (χ3v) is 2.92. The molecule has 0 fully saturated rings. The van der Waals surface area contributed by atoms with E-state index in [1.165, 1.54) is 0 Å². The maximum Gasteiger partial charge on any atom is 0.174 e. The fourth-order valence-electron chi connectivity index (χ4n) is 2.11. The van der Waals surface area contributed by atoms with Gasteiger partial charge in [-0.3, -0.25) is 16.0 Å². The number of ether oxygens (including phenoxy) is 2. The Bertz CT molecular complexity index is 362. The first-order chi connectivity index (χ1) is 9.15. The number of hydrogen-bond acceptors (Lipinski definition) is 5. The Balaban J connectivity index is 2.78. The van der Waals surface area contributed by atoms with Crippen molar-refractivity contribution in [2.24, 2.45) is 5.84 Å². The summed E-state index contributed by atoms with van der Waals surface area (Å²) >= 11 is 0. The molecule has 1 unspecified atom stereocenters. The maximum absolute atomic E-state index is 5.64. The number of nitrogens with one attached hydrogen (secondary N) is 1. The van der Waals surface area contributed by atoms with Crippen LogP contribution < -0.4 is 11.3 Å². The van der Waals surface area contributed by atoms with Crippen LogP contribution in [0.15, 0.2) is 6.07 Å². The van der Waals surface area contributed by atoms with E-state index in [0.717, 1.165) is 24.4 Å². The highest BCUT2D eigenvalue weighted by Gasteiger charge is 2.23. The summed E-state index contributed by atoms with van der Waals surface area (Å²) in [6.07, 6.45) is 0.371. The maximum atomic E-state index is 5.64. The summed E-state index contributed by atoms with van der Waals surface area (Å²) in [5.41, 5.74) is 4.93. The van der Waals surface area contributed by atoms with Crippen LogP contribution in [0.3, 0.4) is 0 Å². The summed E-state index contributed by atoms with van der Waals surface area (Å²) in [6, 6.07) is 1.98. The lowest BCUT2D eigenvalue weighted by Crippen LogP contribution is -2.48. The molecule has 3 N–H and O–H groups in total. The van der Waals surface area contributed by atoms with Crippen molar-refractivity contribution >= 4 is 0 Å². The molecule has 0 radical (unpaired) electrons. The van der Waals surface area contributed by atoms with Gasteiger partial charge in [-0.15, -0.1) is 0 Å². The Kier molecular flexibility index (Phi) is 7.01. The largest absolute Gasteiger partial charge is 0.351 e. The van der Waals surface area contributed by atoms with E-state index < -0.39 is 0 Å². The molecular formula is C13H26N4O2. The van der Waals surface area contributed by atoms with Crippen LogP contribution in [-0.2, 0) is 22.4 Å². The number of aromatic nitrogens is 2. The van der Waals surface area contributed by atoms with Gasteiger partial charge in [-0.1, -0.05) is 0 Å². The van der Waals surface area contributed by atoms with Gasteiger partial charge in [-0.05, 0) is 33.8 Å². The molecule has 6 nitrogen and oxygen atoms in total. The third kappa shape index (κ3) is 4.58. The molecule has 0 aliphatic heterocycles. The molecule has 1 atom stereocenters. The smallest absolute Gasteiger partial charge is 0.174 e. The molecule has 0 aliphatic carbocycles. The van der Waals surface area contributed by atoms with E-state index in [0.29, 0.717) is 13.2 Å². The van der Waals surface area contributed by atoms with Gasteiger partial charge in [-0.25, -0.2) is 0 Å². The predicted octanol–water partition coefficient (Wildman–Crippen LogP) is 0.985. The predicted molar refractivity (Wildman–Crippen MR) is 74.5 cm³/mol. The van der Waals surface area contributed by atoms with Crippen LogP contribution in [0.1, 0.15) is 32.2 Å².